The van der Waals surface area contributed by atoms with Crippen LogP contribution in [0.4, 0.5) is 0 Å². The number of hydrogen-bond acceptors (Lipinski definition) is 3. The fraction of sp³-hybridized carbons (Fsp3) is 0. The van der Waals surface area contributed by atoms with Crippen LogP contribution in [-0.4, -0.2) is 19.5 Å². The Hall–Kier alpha value is -5.09. The third-order valence-corrected chi connectivity index (χ3v) is 6.74. The standard InChI is InChI=1S/C33H22N4/c1-2-8-23(9-3-1)29-22-30(24-18-20-34-21-19-24)36-33(35-29)25-14-16-26(17-15-25)37-31-12-6-4-10-27(31)28-11-5-7-13-32(28)37/h1-22H. The van der Waals surface area contributed by atoms with Crippen molar-refractivity contribution in [2.75, 3.05) is 0 Å². The maximum Gasteiger partial charge on any atom is 0.160 e. The fourth-order valence-electron chi connectivity index (χ4n) is 4.96. The summed E-state index contributed by atoms with van der Waals surface area (Å²) >= 11 is 0. The van der Waals surface area contributed by atoms with Crippen LogP contribution in [0, 0.1) is 0 Å². The van der Waals surface area contributed by atoms with E-state index in [9.17, 15) is 0 Å². The van der Waals surface area contributed by atoms with Gasteiger partial charge in [0.1, 0.15) is 0 Å². The van der Waals surface area contributed by atoms with E-state index >= 15 is 0 Å². The van der Waals surface area contributed by atoms with Gasteiger partial charge in [-0.15, -0.1) is 0 Å². The van der Waals surface area contributed by atoms with E-state index in [4.69, 9.17) is 9.97 Å². The number of hydrogen-bond donors (Lipinski definition) is 0. The zero-order valence-electron chi connectivity index (χ0n) is 20.0. The van der Waals surface area contributed by atoms with Gasteiger partial charge < -0.3 is 4.57 Å². The highest BCUT2D eigenvalue weighted by Crippen LogP contribution is 2.33. The molecule has 0 aliphatic carbocycles. The molecule has 4 heteroatoms. The second kappa shape index (κ2) is 8.85. The molecule has 3 heterocycles. The number of rotatable bonds is 4. The summed E-state index contributed by atoms with van der Waals surface area (Å²) in [6, 6.07) is 41.9. The Balaban J connectivity index is 1.37. The van der Waals surface area contributed by atoms with Crippen LogP contribution in [0.15, 0.2) is 134 Å². The highest BCUT2D eigenvalue weighted by Gasteiger charge is 2.13. The minimum absolute atomic E-state index is 0.696. The first-order chi connectivity index (χ1) is 18.3. The minimum atomic E-state index is 0.696. The number of nitrogens with zero attached hydrogens (tertiary/aromatic N) is 4. The van der Waals surface area contributed by atoms with E-state index in [0.717, 1.165) is 33.8 Å². The van der Waals surface area contributed by atoms with E-state index < -0.39 is 0 Å². The van der Waals surface area contributed by atoms with Crippen LogP contribution in [-0.2, 0) is 0 Å². The molecule has 0 unspecified atom stereocenters. The lowest BCUT2D eigenvalue weighted by Gasteiger charge is -2.11. The maximum atomic E-state index is 4.96. The van der Waals surface area contributed by atoms with E-state index in [1.807, 2.05) is 36.4 Å². The van der Waals surface area contributed by atoms with Gasteiger partial charge in [-0.05, 0) is 54.6 Å². The number of fused-ring (bicyclic) bond motifs is 3. The van der Waals surface area contributed by atoms with Crippen LogP contribution in [0.1, 0.15) is 0 Å². The van der Waals surface area contributed by atoms with Gasteiger partial charge in [0.25, 0.3) is 0 Å². The summed E-state index contributed by atoms with van der Waals surface area (Å²) in [5.41, 5.74) is 8.30. The zero-order chi connectivity index (χ0) is 24.6. The molecule has 4 aromatic carbocycles. The quantitative estimate of drug-likeness (QED) is 0.260. The maximum absolute atomic E-state index is 4.96. The largest absolute Gasteiger partial charge is 0.309 e. The fourth-order valence-corrected chi connectivity index (χ4v) is 4.96. The molecule has 7 aromatic rings. The average Bonchev–Trinajstić information content (AvgIpc) is 3.32. The Kier molecular flexibility index (Phi) is 5.07. The molecule has 37 heavy (non-hydrogen) atoms. The second-order valence-electron chi connectivity index (χ2n) is 8.98. The first-order valence-electron chi connectivity index (χ1n) is 12.3. The van der Waals surface area contributed by atoms with Crippen molar-refractivity contribution in [1.29, 1.82) is 0 Å². The lowest BCUT2D eigenvalue weighted by Crippen LogP contribution is -1.97. The molecule has 3 aromatic heterocycles. The first kappa shape index (κ1) is 21.2. The van der Waals surface area contributed by atoms with Gasteiger partial charge in [0.2, 0.25) is 0 Å². The van der Waals surface area contributed by atoms with Gasteiger partial charge in [-0.25, -0.2) is 9.97 Å². The third kappa shape index (κ3) is 3.76. The van der Waals surface area contributed by atoms with E-state index in [1.54, 1.807) is 12.4 Å². The molecule has 174 valence electrons. The third-order valence-electron chi connectivity index (χ3n) is 6.74. The molecule has 0 bridgehead atoms. The lowest BCUT2D eigenvalue weighted by atomic mass is 10.1. The van der Waals surface area contributed by atoms with Gasteiger partial charge in [-0.2, -0.15) is 0 Å². The Bertz CT molecular complexity index is 1740. The van der Waals surface area contributed by atoms with Crippen molar-refractivity contribution >= 4 is 21.8 Å². The number of benzene rings is 4. The summed E-state index contributed by atoms with van der Waals surface area (Å²) < 4.78 is 2.32. The first-order valence-corrected chi connectivity index (χ1v) is 12.3. The SMILES string of the molecule is c1ccc(-c2cc(-c3ccncc3)nc(-c3ccc(-n4c5ccccc5c5ccccc54)cc3)n2)cc1. The van der Waals surface area contributed by atoms with Gasteiger partial charge >= 0.3 is 0 Å². The summed E-state index contributed by atoms with van der Waals surface area (Å²) in [4.78, 5) is 14.1. The van der Waals surface area contributed by atoms with Crippen molar-refractivity contribution in [3.8, 4) is 39.6 Å². The van der Waals surface area contributed by atoms with Gasteiger partial charge in [0.15, 0.2) is 5.82 Å². The van der Waals surface area contributed by atoms with E-state index in [0.29, 0.717) is 5.82 Å². The molecule has 0 fully saturated rings. The van der Waals surface area contributed by atoms with Crippen molar-refractivity contribution in [3.63, 3.8) is 0 Å². The summed E-state index contributed by atoms with van der Waals surface area (Å²) in [6.45, 7) is 0. The Morgan fingerprint density at radius 2 is 1.00 bits per heavy atom. The van der Waals surface area contributed by atoms with Crippen LogP contribution in [0.25, 0.3) is 61.4 Å². The minimum Gasteiger partial charge on any atom is -0.309 e. The van der Waals surface area contributed by atoms with Crippen molar-refractivity contribution in [2.45, 2.75) is 0 Å². The molecule has 0 aliphatic rings. The van der Waals surface area contributed by atoms with Crippen LogP contribution >= 0.6 is 0 Å². The summed E-state index contributed by atoms with van der Waals surface area (Å²) in [6.07, 6.45) is 3.58. The monoisotopic (exact) mass is 474 g/mol. The normalized spacial score (nSPS) is 11.2. The van der Waals surface area contributed by atoms with Crippen molar-refractivity contribution in [1.82, 2.24) is 19.5 Å². The number of para-hydroxylation sites is 2. The van der Waals surface area contributed by atoms with E-state index in [1.165, 1.54) is 21.8 Å². The van der Waals surface area contributed by atoms with Crippen LogP contribution in [0.5, 0.6) is 0 Å². The second-order valence-corrected chi connectivity index (χ2v) is 8.98. The summed E-state index contributed by atoms with van der Waals surface area (Å²) in [5.74, 6) is 0.696. The molecule has 0 aliphatic heterocycles. The molecule has 0 atom stereocenters. The van der Waals surface area contributed by atoms with Crippen LogP contribution < -0.4 is 0 Å². The van der Waals surface area contributed by atoms with Gasteiger partial charge in [0.05, 0.1) is 22.4 Å². The summed E-state index contributed by atoms with van der Waals surface area (Å²) in [7, 11) is 0. The predicted octanol–water partition coefficient (Wildman–Crippen LogP) is 7.97. The smallest absolute Gasteiger partial charge is 0.160 e. The van der Waals surface area contributed by atoms with Gasteiger partial charge in [0, 0.05) is 45.5 Å². The highest BCUT2D eigenvalue weighted by molar-refractivity contribution is 6.09. The lowest BCUT2D eigenvalue weighted by molar-refractivity contribution is 1.16. The highest BCUT2D eigenvalue weighted by atomic mass is 15.0. The predicted molar refractivity (Wildman–Crippen MR) is 150 cm³/mol. The van der Waals surface area contributed by atoms with Crippen molar-refractivity contribution in [3.05, 3.63) is 134 Å². The van der Waals surface area contributed by atoms with Crippen molar-refractivity contribution < 1.29 is 0 Å². The summed E-state index contributed by atoms with van der Waals surface area (Å²) in [5, 5.41) is 2.51. The molecule has 0 N–H and O–H groups in total. The molecular formula is C33H22N4. The van der Waals surface area contributed by atoms with E-state index in [2.05, 4.69) is 94.5 Å². The van der Waals surface area contributed by atoms with Gasteiger partial charge in [-0.3, -0.25) is 4.98 Å². The van der Waals surface area contributed by atoms with E-state index in [-0.39, 0.29) is 0 Å². The Labute approximate surface area is 214 Å². The zero-order valence-corrected chi connectivity index (χ0v) is 20.0. The molecule has 0 amide bonds. The molecule has 0 radical (unpaired) electrons. The molecule has 0 saturated carbocycles. The van der Waals surface area contributed by atoms with Crippen molar-refractivity contribution in [2.24, 2.45) is 0 Å². The van der Waals surface area contributed by atoms with Crippen LogP contribution in [0.3, 0.4) is 0 Å². The molecular weight excluding hydrogens is 452 g/mol. The topological polar surface area (TPSA) is 43.6 Å². The molecule has 4 nitrogen and oxygen atoms in total. The van der Waals surface area contributed by atoms with Gasteiger partial charge in [-0.1, -0.05) is 66.7 Å². The molecule has 7 rings (SSSR count). The Morgan fingerprint density at radius 1 is 0.459 bits per heavy atom. The molecule has 0 saturated heterocycles. The number of aromatic nitrogens is 4. The Morgan fingerprint density at radius 3 is 1.62 bits per heavy atom. The molecule has 0 spiro atoms. The average molecular weight is 475 g/mol. The number of pyridine rings is 1. The van der Waals surface area contributed by atoms with Crippen LogP contribution in [0.2, 0.25) is 0 Å².